The highest BCUT2D eigenvalue weighted by Crippen LogP contribution is 2.42. The second kappa shape index (κ2) is 4.88. The van der Waals surface area contributed by atoms with E-state index in [2.05, 4.69) is 14.9 Å². The van der Waals surface area contributed by atoms with E-state index < -0.39 is 0 Å². The first-order valence-corrected chi connectivity index (χ1v) is 8.50. The number of piperidine rings is 1. The molecule has 0 unspecified atom stereocenters. The van der Waals surface area contributed by atoms with Crippen molar-refractivity contribution in [2.24, 2.45) is 15.9 Å². The van der Waals surface area contributed by atoms with Crippen LogP contribution in [0.3, 0.4) is 0 Å². The SMILES string of the molecule is O=C(c1ccc2c(c1)CC=N2)N1CC[C@@H]2C[C@H]1CC1=C2N=CC1. The minimum atomic E-state index is 0.186. The van der Waals surface area contributed by atoms with Crippen LogP contribution in [0, 0.1) is 5.92 Å². The monoisotopic (exact) mass is 305 g/mol. The predicted molar refractivity (Wildman–Crippen MR) is 90.6 cm³/mol. The Bertz CT molecular complexity index is 790. The molecule has 0 spiro atoms. The van der Waals surface area contributed by atoms with Gasteiger partial charge in [-0.15, -0.1) is 0 Å². The van der Waals surface area contributed by atoms with Crippen molar-refractivity contribution in [2.45, 2.75) is 38.1 Å². The number of aliphatic imine (C=N–C) groups is 2. The van der Waals surface area contributed by atoms with Gasteiger partial charge in [0.15, 0.2) is 0 Å². The number of likely N-dealkylation sites (tertiary alicyclic amines) is 1. The summed E-state index contributed by atoms with van der Waals surface area (Å²) >= 11 is 0. The number of benzene rings is 1. The van der Waals surface area contributed by atoms with Gasteiger partial charge in [0, 0.05) is 55.0 Å². The molecule has 4 heteroatoms. The molecule has 0 radical (unpaired) electrons. The van der Waals surface area contributed by atoms with Crippen LogP contribution in [-0.2, 0) is 6.42 Å². The summed E-state index contributed by atoms with van der Waals surface area (Å²) in [5.41, 5.74) is 5.80. The highest BCUT2D eigenvalue weighted by molar-refractivity contribution is 5.96. The smallest absolute Gasteiger partial charge is 0.254 e. The molecule has 23 heavy (non-hydrogen) atoms. The van der Waals surface area contributed by atoms with E-state index in [9.17, 15) is 4.79 Å². The number of nitrogens with zero attached hydrogens (tertiary/aromatic N) is 3. The minimum Gasteiger partial charge on any atom is -0.335 e. The number of carbonyl (C=O) groups excluding carboxylic acids is 1. The van der Waals surface area contributed by atoms with Crippen molar-refractivity contribution in [3.8, 4) is 0 Å². The lowest BCUT2D eigenvalue weighted by atomic mass is 9.78. The summed E-state index contributed by atoms with van der Waals surface area (Å²) in [6.45, 7) is 0.855. The Hall–Kier alpha value is -2.23. The van der Waals surface area contributed by atoms with Gasteiger partial charge in [0.05, 0.1) is 5.69 Å². The van der Waals surface area contributed by atoms with Gasteiger partial charge >= 0.3 is 0 Å². The molecule has 1 aromatic rings. The number of hydrogen-bond acceptors (Lipinski definition) is 3. The Kier molecular flexibility index (Phi) is 2.81. The third-order valence-electron chi connectivity index (χ3n) is 5.64. The van der Waals surface area contributed by atoms with E-state index in [-0.39, 0.29) is 5.91 Å². The molecule has 3 heterocycles. The molecule has 1 aliphatic carbocycles. The fourth-order valence-corrected chi connectivity index (χ4v) is 4.49. The van der Waals surface area contributed by atoms with Crippen molar-refractivity contribution < 1.29 is 4.79 Å². The van der Waals surface area contributed by atoms with E-state index in [4.69, 9.17) is 0 Å². The quantitative estimate of drug-likeness (QED) is 0.785. The zero-order valence-corrected chi connectivity index (χ0v) is 13.0. The zero-order chi connectivity index (χ0) is 15.4. The number of fused-ring (bicyclic) bond motifs is 4. The Morgan fingerprint density at radius 2 is 2.09 bits per heavy atom. The van der Waals surface area contributed by atoms with Crippen LogP contribution in [-0.4, -0.2) is 35.8 Å². The van der Waals surface area contributed by atoms with E-state index in [0.29, 0.717) is 12.0 Å². The summed E-state index contributed by atoms with van der Waals surface area (Å²) in [6.07, 6.45) is 8.92. The van der Waals surface area contributed by atoms with Gasteiger partial charge in [0.2, 0.25) is 0 Å². The van der Waals surface area contributed by atoms with Crippen LogP contribution in [0.1, 0.15) is 41.6 Å². The lowest BCUT2D eigenvalue weighted by Crippen LogP contribution is -2.48. The fraction of sp³-hybridized carbons (Fsp3) is 0.421. The third kappa shape index (κ3) is 2.01. The van der Waals surface area contributed by atoms with Crippen LogP contribution in [0.5, 0.6) is 0 Å². The van der Waals surface area contributed by atoms with Gasteiger partial charge in [-0.05, 0) is 48.6 Å². The van der Waals surface area contributed by atoms with Crippen molar-refractivity contribution in [3.63, 3.8) is 0 Å². The summed E-state index contributed by atoms with van der Waals surface area (Å²) in [4.78, 5) is 24.0. The van der Waals surface area contributed by atoms with E-state index in [1.165, 1.54) is 16.8 Å². The maximum atomic E-state index is 13.0. The van der Waals surface area contributed by atoms with Gasteiger partial charge in [0.25, 0.3) is 5.91 Å². The predicted octanol–water partition coefficient (Wildman–Crippen LogP) is 3.30. The molecule has 5 rings (SSSR count). The van der Waals surface area contributed by atoms with Gasteiger partial charge in [-0.2, -0.15) is 0 Å². The van der Waals surface area contributed by atoms with Crippen LogP contribution in [0.15, 0.2) is 39.5 Å². The molecule has 1 saturated heterocycles. The molecular weight excluding hydrogens is 286 g/mol. The third-order valence-corrected chi connectivity index (χ3v) is 5.64. The number of hydrogen-bond donors (Lipinski definition) is 0. The average molecular weight is 305 g/mol. The molecule has 4 aliphatic rings. The number of carbonyl (C=O) groups is 1. The Morgan fingerprint density at radius 1 is 1.17 bits per heavy atom. The molecule has 3 aliphatic heterocycles. The highest BCUT2D eigenvalue weighted by Gasteiger charge is 2.39. The highest BCUT2D eigenvalue weighted by atomic mass is 16.2. The molecule has 0 aromatic heterocycles. The molecule has 0 saturated carbocycles. The first-order chi connectivity index (χ1) is 11.3. The molecule has 1 amide bonds. The van der Waals surface area contributed by atoms with Gasteiger partial charge in [-0.1, -0.05) is 0 Å². The average Bonchev–Trinajstić information content (AvgIpc) is 3.22. The van der Waals surface area contributed by atoms with Crippen LogP contribution in [0.2, 0.25) is 0 Å². The Labute approximate surface area is 135 Å². The Morgan fingerprint density at radius 3 is 3.04 bits per heavy atom. The van der Waals surface area contributed by atoms with Crippen molar-refractivity contribution in [3.05, 3.63) is 40.6 Å². The topological polar surface area (TPSA) is 45.0 Å². The number of amides is 1. The second-order valence-corrected chi connectivity index (χ2v) is 6.94. The Balaban J connectivity index is 1.41. The molecule has 116 valence electrons. The van der Waals surface area contributed by atoms with Gasteiger partial charge in [-0.25, -0.2) is 0 Å². The summed E-state index contributed by atoms with van der Waals surface area (Å²) in [5, 5.41) is 0. The molecule has 2 bridgehead atoms. The molecule has 0 N–H and O–H groups in total. The van der Waals surface area contributed by atoms with Gasteiger partial charge in [-0.3, -0.25) is 14.8 Å². The molecule has 1 fully saturated rings. The summed E-state index contributed by atoms with van der Waals surface area (Å²) in [5.74, 6) is 0.756. The molecule has 2 atom stereocenters. The normalized spacial score (nSPS) is 27.4. The number of rotatable bonds is 1. The molecule has 4 nitrogen and oxygen atoms in total. The van der Waals surface area contributed by atoms with Gasteiger partial charge < -0.3 is 4.90 Å². The first-order valence-electron chi connectivity index (χ1n) is 8.50. The lowest BCUT2D eigenvalue weighted by Gasteiger charge is -2.43. The second-order valence-electron chi connectivity index (χ2n) is 6.94. The summed E-state index contributed by atoms with van der Waals surface area (Å²) in [7, 11) is 0. The summed E-state index contributed by atoms with van der Waals surface area (Å²) < 4.78 is 0. The van der Waals surface area contributed by atoms with Crippen molar-refractivity contribution in [2.75, 3.05) is 6.54 Å². The van der Waals surface area contributed by atoms with Crippen LogP contribution >= 0.6 is 0 Å². The van der Waals surface area contributed by atoms with E-state index in [1.807, 2.05) is 30.6 Å². The van der Waals surface area contributed by atoms with E-state index >= 15 is 0 Å². The first kappa shape index (κ1) is 13.2. The van der Waals surface area contributed by atoms with Crippen molar-refractivity contribution >= 4 is 24.0 Å². The lowest BCUT2D eigenvalue weighted by molar-refractivity contribution is 0.0549. The largest absolute Gasteiger partial charge is 0.335 e. The van der Waals surface area contributed by atoms with Crippen LogP contribution in [0.25, 0.3) is 0 Å². The standard InChI is InChI=1S/C19H19N3O/c23-19(15-1-2-17-12(9-15)3-6-20-17)22-8-5-14-11-16(22)10-13-4-7-21-18(13)14/h1-2,6-7,9,14,16H,3-5,8,10-11H2/t14-,16-/m1/s1. The number of allylic oxidation sites excluding steroid dienone is 1. The van der Waals surface area contributed by atoms with E-state index in [1.54, 1.807) is 0 Å². The minimum absolute atomic E-state index is 0.186. The zero-order valence-electron chi connectivity index (χ0n) is 13.0. The summed E-state index contributed by atoms with van der Waals surface area (Å²) in [6, 6.07) is 6.29. The fourth-order valence-electron chi connectivity index (χ4n) is 4.49. The van der Waals surface area contributed by atoms with Crippen LogP contribution < -0.4 is 0 Å². The maximum absolute atomic E-state index is 13.0. The van der Waals surface area contributed by atoms with Crippen molar-refractivity contribution in [1.29, 1.82) is 0 Å². The maximum Gasteiger partial charge on any atom is 0.254 e. The van der Waals surface area contributed by atoms with Crippen LogP contribution in [0.4, 0.5) is 5.69 Å². The molecular formula is C19H19N3O. The van der Waals surface area contributed by atoms with Gasteiger partial charge in [0.1, 0.15) is 0 Å². The van der Waals surface area contributed by atoms with Crippen molar-refractivity contribution in [1.82, 2.24) is 4.90 Å². The molecule has 1 aromatic carbocycles. The van der Waals surface area contributed by atoms with E-state index in [0.717, 1.165) is 49.9 Å².